The lowest BCUT2D eigenvalue weighted by atomic mass is 9.96. The van der Waals surface area contributed by atoms with Crippen LogP contribution in [0.25, 0.3) is 0 Å². The summed E-state index contributed by atoms with van der Waals surface area (Å²) in [5, 5.41) is 1.12. The maximum Gasteiger partial charge on any atom is 0.113 e. The van der Waals surface area contributed by atoms with Crippen LogP contribution in [0.3, 0.4) is 0 Å². The van der Waals surface area contributed by atoms with Crippen LogP contribution in [0.2, 0.25) is 0 Å². The van der Waals surface area contributed by atoms with Gasteiger partial charge in [-0.15, -0.1) is 11.3 Å². The summed E-state index contributed by atoms with van der Waals surface area (Å²) in [5.74, 6) is 0. The van der Waals surface area contributed by atoms with Crippen LogP contribution in [0, 0.1) is 6.92 Å². The number of thiazole rings is 1. The summed E-state index contributed by atoms with van der Waals surface area (Å²) in [5.41, 5.74) is 7.42. The molecule has 0 radical (unpaired) electrons. The van der Waals surface area contributed by atoms with Crippen molar-refractivity contribution >= 4 is 11.3 Å². The van der Waals surface area contributed by atoms with E-state index in [9.17, 15) is 0 Å². The van der Waals surface area contributed by atoms with E-state index < -0.39 is 0 Å². The van der Waals surface area contributed by atoms with E-state index in [-0.39, 0.29) is 5.54 Å². The Morgan fingerprint density at radius 3 is 2.39 bits per heavy atom. The average Bonchev–Trinajstić information content (AvgIpc) is 2.71. The molecule has 0 aliphatic heterocycles. The Hall–Kier alpha value is -0.410. The third-order valence-electron chi connectivity index (χ3n) is 3.52. The van der Waals surface area contributed by atoms with Gasteiger partial charge in [0.15, 0.2) is 0 Å². The lowest BCUT2D eigenvalue weighted by Crippen LogP contribution is -2.32. The van der Waals surface area contributed by atoms with Crippen LogP contribution < -0.4 is 5.73 Å². The molecule has 18 heavy (non-hydrogen) atoms. The van der Waals surface area contributed by atoms with Gasteiger partial charge in [0.2, 0.25) is 0 Å². The predicted octanol–water partition coefficient (Wildman–Crippen LogP) is 4.55. The number of nitrogens with zero attached hydrogens (tertiary/aromatic N) is 1. The van der Waals surface area contributed by atoms with Gasteiger partial charge in [0.05, 0.1) is 11.2 Å². The van der Waals surface area contributed by atoms with Gasteiger partial charge in [-0.3, -0.25) is 0 Å². The second-order valence-corrected chi connectivity index (χ2v) is 6.66. The van der Waals surface area contributed by atoms with Crippen molar-refractivity contribution in [2.75, 3.05) is 0 Å². The van der Waals surface area contributed by atoms with Crippen molar-refractivity contribution in [3.63, 3.8) is 0 Å². The number of nitrogens with two attached hydrogens (primary N) is 1. The Balaban J connectivity index is 2.51. The summed E-state index contributed by atoms with van der Waals surface area (Å²) >= 11 is 1.78. The number of rotatable bonds is 8. The van der Waals surface area contributed by atoms with Gasteiger partial charge in [-0.05, 0) is 26.7 Å². The minimum absolute atomic E-state index is 0.241. The minimum atomic E-state index is -0.241. The van der Waals surface area contributed by atoms with Crippen LogP contribution in [0.15, 0.2) is 0 Å². The van der Waals surface area contributed by atoms with Crippen molar-refractivity contribution in [3.05, 3.63) is 15.6 Å². The second-order valence-electron chi connectivity index (χ2n) is 5.46. The van der Waals surface area contributed by atoms with Crippen LogP contribution in [0.5, 0.6) is 0 Å². The predicted molar refractivity (Wildman–Crippen MR) is 81.1 cm³/mol. The topological polar surface area (TPSA) is 38.9 Å². The molecule has 3 heteroatoms. The molecule has 0 saturated carbocycles. The molecule has 0 aliphatic carbocycles. The van der Waals surface area contributed by atoms with E-state index in [0.717, 1.165) is 17.8 Å². The molecule has 0 aromatic carbocycles. The molecule has 1 aromatic rings. The zero-order valence-electron chi connectivity index (χ0n) is 12.4. The molecule has 0 fully saturated rings. The first-order valence-corrected chi connectivity index (χ1v) is 8.08. The molecule has 1 rings (SSSR count). The maximum atomic E-state index is 6.44. The van der Waals surface area contributed by atoms with Gasteiger partial charge in [0.1, 0.15) is 5.01 Å². The van der Waals surface area contributed by atoms with Gasteiger partial charge in [0.25, 0.3) is 0 Å². The highest BCUT2D eigenvalue weighted by molar-refractivity contribution is 7.11. The van der Waals surface area contributed by atoms with Crippen LogP contribution in [-0.2, 0) is 12.0 Å². The fourth-order valence-corrected chi connectivity index (χ4v) is 3.29. The second kappa shape index (κ2) is 7.25. The summed E-state index contributed by atoms with van der Waals surface area (Å²) in [6.07, 6.45) is 8.55. The van der Waals surface area contributed by atoms with Gasteiger partial charge in [-0.1, -0.05) is 46.0 Å². The van der Waals surface area contributed by atoms with Crippen LogP contribution in [-0.4, -0.2) is 4.98 Å². The molecule has 104 valence electrons. The highest BCUT2D eigenvalue weighted by Gasteiger charge is 2.25. The van der Waals surface area contributed by atoms with Crippen molar-refractivity contribution in [2.45, 2.75) is 78.2 Å². The maximum absolute atomic E-state index is 6.44. The molecular weight excluding hydrogens is 240 g/mol. The molecule has 0 saturated heterocycles. The van der Waals surface area contributed by atoms with E-state index in [0.29, 0.717) is 0 Å². The quantitative estimate of drug-likeness (QED) is 0.703. The van der Waals surface area contributed by atoms with E-state index in [1.807, 2.05) is 0 Å². The van der Waals surface area contributed by atoms with Gasteiger partial charge in [-0.2, -0.15) is 0 Å². The highest BCUT2D eigenvalue weighted by atomic mass is 32.1. The van der Waals surface area contributed by atoms with Crippen molar-refractivity contribution in [2.24, 2.45) is 5.73 Å². The molecule has 2 nitrogen and oxygen atoms in total. The molecule has 1 heterocycles. The van der Waals surface area contributed by atoms with Crippen molar-refractivity contribution < 1.29 is 0 Å². The molecule has 0 bridgehead atoms. The fraction of sp³-hybridized carbons (Fsp3) is 0.800. The zero-order chi connectivity index (χ0) is 13.6. The molecule has 0 amide bonds. The average molecular weight is 268 g/mol. The molecule has 0 aliphatic rings. The number of aromatic nitrogens is 1. The molecule has 1 aromatic heterocycles. The van der Waals surface area contributed by atoms with Gasteiger partial charge >= 0.3 is 0 Å². The third kappa shape index (κ3) is 4.36. The zero-order valence-corrected chi connectivity index (χ0v) is 13.2. The molecule has 2 N–H and O–H groups in total. The number of hydrogen-bond acceptors (Lipinski definition) is 3. The van der Waals surface area contributed by atoms with Crippen LogP contribution in [0.4, 0.5) is 0 Å². The van der Waals surface area contributed by atoms with Crippen molar-refractivity contribution in [1.29, 1.82) is 0 Å². The third-order valence-corrected chi connectivity index (χ3v) is 4.81. The van der Waals surface area contributed by atoms with Crippen LogP contribution in [0.1, 0.15) is 74.9 Å². The lowest BCUT2D eigenvalue weighted by molar-refractivity contribution is 0.420. The summed E-state index contributed by atoms with van der Waals surface area (Å²) in [6, 6.07) is 0. The number of hydrogen-bond donors (Lipinski definition) is 1. The standard InChI is InChI=1S/C15H28N2S/c1-5-7-8-9-10-11-15(4,16)14-17-13(6-2)12(3)18-14/h5-11,16H2,1-4H3. The van der Waals surface area contributed by atoms with Crippen molar-refractivity contribution in [1.82, 2.24) is 4.98 Å². The summed E-state index contributed by atoms with van der Waals surface area (Å²) in [4.78, 5) is 6.04. The molecular formula is C15H28N2S. The first-order valence-electron chi connectivity index (χ1n) is 7.27. The Labute approximate surface area is 116 Å². The van der Waals surface area contributed by atoms with E-state index in [1.165, 1.54) is 42.7 Å². The first kappa shape index (κ1) is 15.6. The summed E-state index contributed by atoms with van der Waals surface area (Å²) in [7, 11) is 0. The fourth-order valence-electron chi connectivity index (χ4n) is 2.20. The minimum Gasteiger partial charge on any atom is -0.320 e. The Morgan fingerprint density at radius 1 is 1.17 bits per heavy atom. The number of unbranched alkanes of at least 4 members (excludes halogenated alkanes) is 4. The monoisotopic (exact) mass is 268 g/mol. The first-order chi connectivity index (χ1) is 8.51. The van der Waals surface area contributed by atoms with E-state index in [2.05, 4.69) is 27.7 Å². The van der Waals surface area contributed by atoms with E-state index >= 15 is 0 Å². The normalized spacial score (nSPS) is 14.7. The Bertz CT molecular complexity index is 355. The van der Waals surface area contributed by atoms with Crippen LogP contribution >= 0.6 is 11.3 Å². The number of aryl methyl sites for hydroxylation is 2. The van der Waals surface area contributed by atoms with Gasteiger partial charge in [0, 0.05) is 4.88 Å². The Kier molecular flexibility index (Phi) is 6.30. The van der Waals surface area contributed by atoms with E-state index in [4.69, 9.17) is 10.7 Å². The van der Waals surface area contributed by atoms with E-state index in [1.54, 1.807) is 11.3 Å². The lowest BCUT2D eigenvalue weighted by Gasteiger charge is -2.21. The smallest absolute Gasteiger partial charge is 0.113 e. The summed E-state index contributed by atoms with van der Waals surface area (Å²) < 4.78 is 0. The van der Waals surface area contributed by atoms with Crippen molar-refractivity contribution in [3.8, 4) is 0 Å². The Morgan fingerprint density at radius 2 is 1.83 bits per heavy atom. The molecule has 1 unspecified atom stereocenters. The van der Waals surface area contributed by atoms with Gasteiger partial charge < -0.3 is 5.73 Å². The molecule has 1 atom stereocenters. The van der Waals surface area contributed by atoms with Gasteiger partial charge in [-0.25, -0.2) is 4.98 Å². The SMILES string of the molecule is CCCCCCCC(C)(N)c1nc(CC)c(C)s1. The molecule has 0 spiro atoms. The summed E-state index contributed by atoms with van der Waals surface area (Å²) in [6.45, 7) is 8.68. The highest BCUT2D eigenvalue weighted by Crippen LogP contribution is 2.30. The largest absolute Gasteiger partial charge is 0.320 e.